The summed E-state index contributed by atoms with van der Waals surface area (Å²) < 4.78 is 0. The number of pyridine rings is 1. The smallest absolute Gasteiger partial charge is 0.318 e. The van der Waals surface area contributed by atoms with E-state index in [4.69, 9.17) is 16.4 Å². The van der Waals surface area contributed by atoms with Gasteiger partial charge >= 0.3 is 6.03 Å². The third-order valence-electron chi connectivity index (χ3n) is 4.11. The zero-order valence-electron chi connectivity index (χ0n) is 15.4. The van der Waals surface area contributed by atoms with Crippen LogP contribution in [0, 0.1) is 0 Å². The molecular weight excluding hydrogens is 364 g/mol. The highest BCUT2D eigenvalue weighted by molar-refractivity contribution is 6.30. The average Bonchev–Trinajstić information content (AvgIpc) is 3.10. The van der Waals surface area contributed by atoms with E-state index in [1.54, 1.807) is 17.3 Å². The standard InChI is InChI=1S/C20H23ClN4O2/c1-14(2)23-20(26)25(12-15-5-3-7-17(21)9-15)13-18-10-19(24-27-18)16-6-4-8-22-11-16/h3-9,11,14,18H,10,12-13H2,1-2H3,(H,23,26)/t18-/m0/s1. The zero-order chi connectivity index (χ0) is 19.2. The number of rotatable bonds is 6. The maximum absolute atomic E-state index is 12.7. The Hall–Kier alpha value is -2.60. The second kappa shape index (κ2) is 8.86. The number of nitrogens with one attached hydrogen (secondary N) is 1. The van der Waals surface area contributed by atoms with Crippen molar-refractivity contribution in [1.82, 2.24) is 15.2 Å². The largest absolute Gasteiger partial charge is 0.390 e. The lowest BCUT2D eigenvalue weighted by atomic mass is 10.1. The van der Waals surface area contributed by atoms with E-state index in [0.29, 0.717) is 24.5 Å². The van der Waals surface area contributed by atoms with Crippen LogP contribution < -0.4 is 5.32 Å². The Labute approximate surface area is 164 Å². The minimum absolute atomic E-state index is 0.0473. The molecule has 27 heavy (non-hydrogen) atoms. The third-order valence-corrected chi connectivity index (χ3v) is 4.35. The molecule has 0 fully saturated rings. The summed E-state index contributed by atoms with van der Waals surface area (Å²) in [6, 6.07) is 11.2. The fourth-order valence-electron chi connectivity index (χ4n) is 2.89. The summed E-state index contributed by atoms with van der Waals surface area (Å²) in [5, 5.41) is 7.77. The van der Waals surface area contributed by atoms with Crippen LogP contribution in [0.3, 0.4) is 0 Å². The van der Waals surface area contributed by atoms with Gasteiger partial charge < -0.3 is 15.1 Å². The molecule has 1 aliphatic rings. The number of urea groups is 1. The minimum atomic E-state index is -0.197. The number of halogens is 1. The van der Waals surface area contributed by atoms with Crippen molar-refractivity contribution in [3.8, 4) is 0 Å². The van der Waals surface area contributed by atoms with Gasteiger partial charge in [-0.1, -0.05) is 28.9 Å². The third kappa shape index (κ3) is 5.44. The topological polar surface area (TPSA) is 66.8 Å². The Kier molecular flexibility index (Phi) is 6.29. The molecule has 0 aliphatic carbocycles. The zero-order valence-corrected chi connectivity index (χ0v) is 16.2. The average molecular weight is 387 g/mol. The molecule has 1 aliphatic heterocycles. The number of carbonyl (C=O) groups is 1. The number of benzene rings is 1. The highest BCUT2D eigenvalue weighted by atomic mass is 35.5. The highest BCUT2D eigenvalue weighted by Crippen LogP contribution is 2.19. The molecule has 2 aromatic rings. The summed E-state index contributed by atoms with van der Waals surface area (Å²) in [4.78, 5) is 24.1. The molecule has 1 aromatic heterocycles. The van der Waals surface area contributed by atoms with E-state index >= 15 is 0 Å². The summed E-state index contributed by atoms with van der Waals surface area (Å²) in [7, 11) is 0. The van der Waals surface area contributed by atoms with Gasteiger partial charge in [0.2, 0.25) is 0 Å². The first-order valence-corrected chi connectivity index (χ1v) is 9.32. The predicted octanol–water partition coefficient (Wildman–Crippen LogP) is 3.85. The summed E-state index contributed by atoms with van der Waals surface area (Å²) >= 11 is 6.08. The van der Waals surface area contributed by atoms with Crippen LogP contribution in [-0.4, -0.2) is 40.3 Å². The van der Waals surface area contributed by atoms with E-state index in [1.165, 1.54) is 0 Å². The number of hydrogen-bond donors (Lipinski definition) is 1. The fourth-order valence-corrected chi connectivity index (χ4v) is 3.10. The summed E-state index contributed by atoms with van der Waals surface area (Å²) in [6.07, 6.45) is 3.92. The van der Waals surface area contributed by atoms with E-state index in [-0.39, 0.29) is 18.2 Å². The Morgan fingerprint density at radius 3 is 2.93 bits per heavy atom. The Morgan fingerprint density at radius 1 is 1.37 bits per heavy atom. The van der Waals surface area contributed by atoms with Crippen molar-refractivity contribution in [2.24, 2.45) is 5.16 Å². The number of aromatic nitrogens is 1. The van der Waals surface area contributed by atoms with Crippen LogP contribution in [0.5, 0.6) is 0 Å². The lowest BCUT2D eigenvalue weighted by molar-refractivity contribution is 0.0586. The van der Waals surface area contributed by atoms with E-state index < -0.39 is 0 Å². The molecule has 2 heterocycles. The van der Waals surface area contributed by atoms with Gasteiger partial charge in [0.05, 0.1) is 12.3 Å². The van der Waals surface area contributed by atoms with E-state index in [1.807, 2.05) is 50.2 Å². The van der Waals surface area contributed by atoms with Crippen LogP contribution in [0.4, 0.5) is 4.79 Å². The molecule has 0 radical (unpaired) electrons. The van der Waals surface area contributed by atoms with Gasteiger partial charge in [-0.05, 0) is 43.7 Å². The monoisotopic (exact) mass is 386 g/mol. The van der Waals surface area contributed by atoms with Gasteiger partial charge in [0.1, 0.15) is 0 Å². The quantitative estimate of drug-likeness (QED) is 0.819. The van der Waals surface area contributed by atoms with Gasteiger partial charge in [0.25, 0.3) is 0 Å². The first-order valence-electron chi connectivity index (χ1n) is 8.94. The predicted molar refractivity (Wildman–Crippen MR) is 106 cm³/mol. The van der Waals surface area contributed by atoms with Crippen molar-refractivity contribution in [1.29, 1.82) is 0 Å². The van der Waals surface area contributed by atoms with Crippen molar-refractivity contribution >= 4 is 23.3 Å². The SMILES string of the molecule is CC(C)NC(=O)N(Cc1cccc(Cl)c1)C[C@@H]1CC(c2cccnc2)=NO1. The maximum Gasteiger partial charge on any atom is 0.318 e. The molecule has 6 nitrogen and oxygen atoms in total. The minimum Gasteiger partial charge on any atom is -0.390 e. The van der Waals surface area contributed by atoms with E-state index in [9.17, 15) is 4.79 Å². The molecule has 1 aromatic carbocycles. The molecule has 0 spiro atoms. The molecule has 0 saturated carbocycles. The lowest BCUT2D eigenvalue weighted by Gasteiger charge is -2.26. The number of carbonyl (C=O) groups excluding carboxylic acids is 1. The Bertz CT molecular complexity index is 811. The molecule has 0 saturated heterocycles. The summed E-state index contributed by atoms with van der Waals surface area (Å²) in [5.41, 5.74) is 2.75. The first kappa shape index (κ1) is 19.2. The molecule has 3 rings (SSSR count). The number of hydrogen-bond acceptors (Lipinski definition) is 4. The van der Waals surface area contributed by atoms with Gasteiger partial charge in [-0.2, -0.15) is 0 Å². The van der Waals surface area contributed by atoms with E-state index in [2.05, 4.69) is 15.5 Å². The van der Waals surface area contributed by atoms with Gasteiger partial charge in [-0.25, -0.2) is 4.79 Å². The van der Waals surface area contributed by atoms with Crippen LogP contribution >= 0.6 is 11.6 Å². The molecular formula is C20H23ClN4O2. The second-order valence-corrected chi connectivity index (χ2v) is 7.26. The second-order valence-electron chi connectivity index (χ2n) is 6.83. The van der Waals surface area contributed by atoms with E-state index in [0.717, 1.165) is 16.8 Å². The maximum atomic E-state index is 12.7. The van der Waals surface area contributed by atoms with Crippen molar-refractivity contribution in [3.05, 3.63) is 64.9 Å². The fraction of sp³-hybridized carbons (Fsp3) is 0.350. The Balaban J connectivity index is 1.67. The van der Waals surface area contributed by atoms with Crippen LogP contribution in [-0.2, 0) is 11.4 Å². The van der Waals surface area contributed by atoms with Crippen molar-refractivity contribution in [3.63, 3.8) is 0 Å². The van der Waals surface area contributed by atoms with Crippen molar-refractivity contribution in [2.45, 2.75) is 39.0 Å². The number of nitrogens with zero attached hydrogens (tertiary/aromatic N) is 3. The lowest BCUT2D eigenvalue weighted by Crippen LogP contribution is -2.45. The van der Waals surface area contributed by atoms with Crippen LogP contribution in [0.25, 0.3) is 0 Å². The first-order chi connectivity index (χ1) is 13.0. The molecule has 0 unspecified atom stereocenters. The molecule has 0 bridgehead atoms. The molecule has 7 heteroatoms. The Morgan fingerprint density at radius 2 is 2.22 bits per heavy atom. The van der Waals surface area contributed by atoms with Gasteiger partial charge in [0.15, 0.2) is 6.10 Å². The van der Waals surface area contributed by atoms with Gasteiger partial charge in [-0.3, -0.25) is 4.98 Å². The number of oxime groups is 1. The molecule has 2 amide bonds. The molecule has 1 N–H and O–H groups in total. The van der Waals surface area contributed by atoms with Crippen molar-refractivity contribution < 1.29 is 9.63 Å². The molecule has 142 valence electrons. The summed E-state index contributed by atoms with van der Waals surface area (Å²) in [6.45, 7) is 4.75. The highest BCUT2D eigenvalue weighted by Gasteiger charge is 2.27. The van der Waals surface area contributed by atoms with Gasteiger partial charge in [0, 0.05) is 42.0 Å². The normalized spacial score (nSPS) is 16.0. The number of amides is 2. The van der Waals surface area contributed by atoms with Crippen LogP contribution in [0.15, 0.2) is 53.9 Å². The van der Waals surface area contributed by atoms with Crippen LogP contribution in [0.2, 0.25) is 5.02 Å². The van der Waals surface area contributed by atoms with Crippen LogP contribution in [0.1, 0.15) is 31.4 Å². The van der Waals surface area contributed by atoms with Gasteiger partial charge in [-0.15, -0.1) is 0 Å². The molecule has 1 atom stereocenters. The van der Waals surface area contributed by atoms with Crippen molar-refractivity contribution in [2.75, 3.05) is 6.54 Å². The summed E-state index contributed by atoms with van der Waals surface area (Å²) in [5.74, 6) is 0.